The van der Waals surface area contributed by atoms with Gasteiger partial charge in [-0.25, -0.2) is 4.98 Å². The number of anilines is 1. The van der Waals surface area contributed by atoms with E-state index in [1.54, 1.807) is 24.5 Å². The number of hydrogen-bond acceptors (Lipinski definition) is 4. The van der Waals surface area contributed by atoms with Crippen molar-refractivity contribution in [3.63, 3.8) is 0 Å². The topological polar surface area (TPSA) is 77.4 Å². The molecule has 5 nitrogen and oxygen atoms in total. The third-order valence-electron chi connectivity index (χ3n) is 3.04. The van der Waals surface area contributed by atoms with E-state index in [4.69, 9.17) is 10.5 Å². The number of nitriles is 2. The van der Waals surface area contributed by atoms with Crippen molar-refractivity contribution in [1.82, 2.24) is 9.55 Å². The Balaban J connectivity index is 2.14. The van der Waals surface area contributed by atoms with Crippen LogP contribution in [0.3, 0.4) is 0 Å². The smallest absolute Gasteiger partial charge is 0.101 e. The lowest BCUT2D eigenvalue weighted by Crippen LogP contribution is -2.08. The van der Waals surface area contributed by atoms with Gasteiger partial charge in [0.15, 0.2) is 0 Å². The molecule has 1 aromatic heterocycles. The van der Waals surface area contributed by atoms with Crippen LogP contribution in [0, 0.1) is 22.7 Å². The number of imidazole rings is 1. The third-order valence-corrected chi connectivity index (χ3v) is 3.04. The first-order valence-corrected chi connectivity index (χ1v) is 6.34. The highest BCUT2D eigenvalue weighted by molar-refractivity contribution is 5.56. The van der Waals surface area contributed by atoms with Gasteiger partial charge in [0, 0.05) is 17.9 Å². The normalized spacial score (nSPS) is 10.1. The van der Waals surface area contributed by atoms with Crippen molar-refractivity contribution >= 4 is 5.69 Å². The molecule has 2 aromatic rings. The van der Waals surface area contributed by atoms with E-state index in [2.05, 4.69) is 28.7 Å². The minimum atomic E-state index is 0.352. The largest absolute Gasteiger partial charge is 0.379 e. The van der Waals surface area contributed by atoms with Crippen LogP contribution < -0.4 is 5.32 Å². The Morgan fingerprint density at radius 1 is 1.25 bits per heavy atom. The van der Waals surface area contributed by atoms with Crippen molar-refractivity contribution in [3.8, 4) is 12.1 Å². The number of rotatable bonds is 4. The molecule has 0 spiro atoms. The summed E-state index contributed by atoms with van der Waals surface area (Å²) in [7, 11) is 0. The maximum absolute atomic E-state index is 9.00. The van der Waals surface area contributed by atoms with Gasteiger partial charge in [-0.2, -0.15) is 10.5 Å². The van der Waals surface area contributed by atoms with Crippen LogP contribution in [-0.4, -0.2) is 9.55 Å². The van der Waals surface area contributed by atoms with Gasteiger partial charge in [0.25, 0.3) is 0 Å². The lowest BCUT2D eigenvalue weighted by Gasteiger charge is -2.13. The average molecular weight is 265 g/mol. The van der Waals surface area contributed by atoms with Gasteiger partial charge in [-0.1, -0.05) is 0 Å². The first-order valence-electron chi connectivity index (χ1n) is 6.34. The fourth-order valence-electron chi connectivity index (χ4n) is 1.97. The fraction of sp³-hybridized carbons (Fsp3) is 0.267. The summed E-state index contributed by atoms with van der Waals surface area (Å²) >= 11 is 0. The summed E-state index contributed by atoms with van der Waals surface area (Å²) in [6, 6.07) is 9.53. The summed E-state index contributed by atoms with van der Waals surface area (Å²) < 4.78 is 2.09. The van der Waals surface area contributed by atoms with Crippen molar-refractivity contribution in [1.29, 1.82) is 10.5 Å². The van der Waals surface area contributed by atoms with E-state index >= 15 is 0 Å². The lowest BCUT2D eigenvalue weighted by atomic mass is 10.1. The van der Waals surface area contributed by atoms with Crippen molar-refractivity contribution in [3.05, 3.63) is 47.5 Å². The molecule has 0 atom stereocenters. The van der Waals surface area contributed by atoms with Gasteiger partial charge in [-0.05, 0) is 32.0 Å². The molecular weight excluding hydrogens is 250 g/mol. The van der Waals surface area contributed by atoms with Crippen LogP contribution in [-0.2, 0) is 6.54 Å². The molecule has 5 heteroatoms. The standard InChI is InChI=1S/C15H15N5/c1-11(2)20-10-18-8-15(20)9-19-14-4-3-12(6-16)13(5-14)7-17/h3-5,8,10-11,19H,9H2,1-2H3. The second-order valence-electron chi connectivity index (χ2n) is 4.72. The van der Waals surface area contributed by atoms with Crippen molar-refractivity contribution in [2.24, 2.45) is 0 Å². The SMILES string of the molecule is CC(C)n1cncc1CNc1ccc(C#N)c(C#N)c1. The van der Waals surface area contributed by atoms with E-state index < -0.39 is 0 Å². The summed E-state index contributed by atoms with van der Waals surface area (Å²) in [5.74, 6) is 0. The van der Waals surface area contributed by atoms with Gasteiger partial charge < -0.3 is 9.88 Å². The van der Waals surface area contributed by atoms with E-state index in [9.17, 15) is 0 Å². The Labute approximate surface area is 118 Å². The van der Waals surface area contributed by atoms with Crippen LogP contribution in [0.25, 0.3) is 0 Å². The molecule has 1 N–H and O–H groups in total. The fourth-order valence-corrected chi connectivity index (χ4v) is 1.97. The Kier molecular flexibility index (Phi) is 4.02. The quantitative estimate of drug-likeness (QED) is 0.922. The Hall–Kier alpha value is -2.79. The highest BCUT2D eigenvalue weighted by Crippen LogP contribution is 2.16. The number of hydrogen-bond donors (Lipinski definition) is 1. The summed E-state index contributed by atoms with van der Waals surface area (Å²) in [5, 5.41) is 21.1. The lowest BCUT2D eigenvalue weighted by molar-refractivity contribution is 0.577. The molecule has 20 heavy (non-hydrogen) atoms. The molecule has 0 aliphatic heterocycles. The molecule has 0 saturated carbocycles. The van der Waals surface area contributed by atoms with Crippen molar-refractivity contribution < 1.29 is 0 Å². The molecule has 0 bridgehead atoms. The molecule has 0 radical (unpaired) electrons. The van der Waals surface area contributed by atoms with Gasteiger partial charge >= 0.3 is 0 Å². The molecule has 1 aromatic carbocycles. The Morgan fingerprint density at radius 2 is 2.00 bits per heavy atom. The first kappa shape index (κ1) is 13.6. The van der Waals surface area contributed by atoms with Gasteiger partial charge in [-0.15, -0.1) is 0 Å². The number of nitrogens with one attached hydrogen (secondary N) is 1. The third kappa shape index (κ3) is 2.78. The number of aromatic nitrogens is 2. The summed E-state index contributed by atoms with van der Waals surface area (Å²) in [4.78, 5) is 4.14. The molecule has 0 fully saturated rings. The maximum atomic E-state index is 9.00. The predicted molar refractivity (Wildman–Crippen MR) is 75.8 cm³/mol. The Bertz CT molecular complexity index is 685. The first-order chi connectivity index (χ1) is 9.65. The maximum Gasteiger partial charge on any atom is 0.101 e. The minimum absolute atomic E-state index is 0.352. The summed E-state index contributed by atoms with van der Waals surface area (Å²) in [6.07, 6.45) is 3.63. The van der Waals surface area contributed by atoms with E-state index in [0.717, 1.165) is 11.4 Å². The average Bonchev–Trinajstić information content (AvgIpc) is 2.93. The van der Waals surface area contributed by atoms with E-state index in [0.29, 0.717) is 23.7 Å². The van der Waals surface area contributed by atoms with Crippen molar-refractivity contribution in [2.75, 3.05) is 5.32 Å². The zero-order valence-electron chi connectivity index (χ0n) is 11.5. The predicted octanol–water partition coefficient (Wildman–Crippen LogP) is 2.82. The van der Waals surface area contributed by atoms with Gasteiger partial charge in [0.05, 0.1) is 29.7 Å². The van der Waals surface area contributed by atoms with Crippen LogP contribution in [0.1, 0.15) is 36.7 Å². The molecule has 0 amide bonds. The zero-order chi connectivity index (χ0) is 14.5. The minimum Gasteiger partial charge on any atom is -0.379 e. The summed E-state index contributed by atoms with van der Waals surface area (Å²) in [6.45, 7) is 4.82. The molecule has 0 unspecified atom stereocenters. The monoisotopic (exact) mass is 265 g/mol. The van der Waals surface area contributed by atoms with Gasteiger partial charge in [0.1, 0.15) is 12.1 Å². The van der Waals surface area contributed by atoms with Crippen LogP contribution in [0.15, 0.2) is 30.7 Å². The molecular formula is C15H15N5. The molecule has 2 rings (SSSR count). The molecule has 1 heterocycles. The highest BCUT2D eigenvalue weighted by atomic mass is 15.1. The number of benzene rings is 1. The molecule has 0 aliphatic carbocycles. The highest BCUT2D eigenvalue weighted by Gasteiger charge is 2.06. The van der Waals surface area contributed by atoms with Gasteiger partial charge in [0.2, 0.25) is 0 Å². The van der Waals surface area contributed by atoms with E-state index in [1.807, 2.05) is 18.3 Å². The van der Waals surface area contributed by atoms with E-state index in [-0.39, 0.29) is 0 Å². The zero-order valence-corrected chi connectivity index (χ0v) is 11.5. The van der Waals surface area contributed by atoms with E-state index in [1.165, 1.54) is 0 Å². The molecule has 0 aliphatic rings. The van der Waals surface area contributed by atoms with Crippen LogP contribution in [0.2, 0.25) is 0 Å². The second-order valence-corrected chi connectivity index (χ2v) is 4.72. The second kappa shape index (κ2) is 5.90. The Morgan fingerprint density at radius 3 is 2.65 bits per heavy atom. The summed E-state index contributed by atoms with van der Waals surface area (Å²) in [5.41, 5.74) is 2.67. The van der Waals surface area contributed by atoms with Crippen LogP contribution >= 0.6 is 0 Å². The molecule has 100 valence electrons. The van der Waals surface area contributed by atoms with Gasteiger partial charge in [-0.3, -0.25) is 0 Å². The molecule has 0 saturated heterocycles. The van der Waals surface area contributed by atoms with Crippen LogP contribution in [0.4, 0.5) is 5.69 Å². The number of nitrogens with zero attached hydrogens (tertiary/aromatic N) is 4. The van der Waals surface area contributed by atoms with Crippen molar-refractivity contribution in [2.45, 2.75) is 26.4 Å². The van der Waals surface area contributed by atoms with Crippen LogP contribution in [0.5, 0.6) is 0 Å².